The summed E-state index contributed by atoms with van der Waals surface area (Å²) < 4.78 is 13.2. The number of aromatic nitrogens is 3. The molecule has 33 heavy (non-hydrogen) atoms. The molecule has 0 bridgehead atoms. The third kappa shape index (κ3) is 5.78. The summed E-state index contributed by atoms with van der Waals surface area (Å²) in [5.74, 6) is 0.591. The van der Waals surface area contributed by atoms with Crippen LogP contribution >= 0.6 is 23.1 Å². The molecule has 2 aromatic rings. The minimum Gasteiger partial charge on any atom is -0.462 e. The van der Waals surface area contributed by atoms with Gasteiger partial charge in [-0.05, 0) is 51.0 Å². The van der Waals surface area contributed by atoms with Gasteiger partial charge in [0.05, 0.1) is 30.6 Å². The molecule has 2 aromatic heterocycles. The number of ether oxygens (including phenoxy) is 2. The fourth-order valence-corrected chi connectivity index (χ4v) is 6.47. The number of hydrogen-bond donors (Lipinski definition) is 1. The fourth-order valence-electron chi connectivity index (χ4n) is 4.41. The van der Waals surface area contributed by atoms with E-state index < -0.39 is 0 Å². The molecular formula is C23H32N4O4S2. The van der Waals surface area contributed by atoms with E-state index in [0.717, 1.165) is 74.5 Å². The summed E-state index contributed by atoms with van der Waals surface area (Å²) >= 11 is 2.89. The van der Waals surface area contributed by atoms with Gasteiger partial charge in [0.1, 0.15) is 10.8 Å². The lowest BCUT2D eigenvalue weighted by Crippen LogP contribution is -2.19. The molecule has 4 rings (SSSR count). The third-order valence-corrected chi connectivity index (χ3v) is 8.18. The topological polar surface area (TPSA) is 95.3 Å². The smallest absolute Gasteiger partial charge is 0.341 e. The number of esters is 1. The number of rotatable bonds is 9. The average molecular weight is 493 g/mol. The van der Waals surface area contributed by atoms with Crippen molar-refractivity contribution in [1.82, 2.24) is 14.8 Å². The third-order valence-electron chi connectivity index (χ3n) is 6.01. The summed E-state index contributed by atoms with van der Waals surface area (Å²) in [7, 11) is 0. The standard InChI is InChI=1S/C23H32N4O4S2/c1-3-18-25-26-23(27(18)13-15-9-8-12-31-15)32-14-19(28)24-21-20(22(29)30-4-2)16-10-6-5-7-11-17(16)33-21/h15H,3-14H2,1-2H3,(H,24,28). The summed E-state index contributed by atoms with van der Waals surface area (Å²) in [5.41, 5.74) is 1.61. The molecule has 1 N–H and O–H groups in total. The number of thioether (sulfide) groups is 1. The van der Waals surface area contributed by atoms with Gasteiger partial charge in [-0.1, -0.05) is 25.1 Å². The maximum absolute atomic E-state index is 12.9. The fraction of sp³-hybridized carbons (Fsp3) is 0.652. The Morgan fingerprint density at radius 3 is 2.82 bits per heavy atom. The van der Waals surface area contributed by atoms with E-state index in [1.54, 1.807) is 6.92 Å². The van der Waals surface area contributed by atoms with E-state index >= 15 is 0 Å². The summed E-state index contributed by atoms with van der Waals surface area (Å²) in [6, 6.07) is 0. The second-order valence-corrected chi connectivity index (χ2v) is 10.4. The number of fused-ring (bicyclic) bond motifs is 1. The zero-order chi connectivity index (χ0) is 23.2. The molecule has 1 aliphatic carbocycles. The summed E-state index contributed by atoms with van der Waals surface area (Å²) in [5, 5.41) is 12.9. The van der Waals surface area contributed by atoms with Gasteiger partial charge in [0, 0.05) is 17.9 Å². The zero-order valence-electron chi connectivity index (χ0n) is 19.4. The van der Waals surface area contributed by atoms with Crippen LogP contribution in [0.5, 0.6) is 0 Å². The van der Waals surface area contributed by atoms with Crippen LogP contribution in [0.4, 0.5) is 5.00 Å². The van der Waals surface area contributed by atoms with Gasteiger partial charge in [-0.2, -0.15) is 0 Å². The van der Waals surface area contributed by atoms with Gasteiger partial charge in [0.25, 0.3) is 0 Å². The largest absolute Gasteiger partial charge is 0.462 e. The van der Waals surface area contributed by atoms with E-state index in [-0.39, 0.29) is 23.7 Å². The van der Waals surface area contributed by atoms with Crippen molar-refractivity contribution in [2.45, 2.75) is 83.0 Å². The number of carbonyl (C=O) groups excluding carboxylic acids is 2. The second kappa shape index (κ2) is 11.5. The molecule has 0 aromatic carbocycles. The van der Waals surface area contributed by atoms with Gasteiger partial charge in [0.15, 0.2) is 5.16 Å². The van der Waals surface area contributed by atoms with Gasteiger partial charge in [0.2, 0.25) is 5.91 Å². The molecular weight excluding hydrogens is 460 g/mol. The number of nitrogens with one attached hydrogen (secondary N) is 1. The molecule has 1 atom stereocenters. The molecule has 1 aliphatic heterocycles. The molecule has 180 valence electrons. The van der Waals surface area contributed by atoms with Crippen LogP contribution < -0.4 is 5.32 Å². The Morgan fingerprint density at radius 1 is 1.21 bits per heavy atom. The molecule has 3 heterocycles. The number of nitrogens with zero attached hydrogens (tertiary/aromatic N) is 3. The van der Waals surface area contributed by atoms with Gasteiger partial charge in [-0.25, -0.2) is 4.79 Å². The van der Waals surface area contributed by atoms with Crippen LogP contribution in [0.15, 0.2) is 5.16 Å². The van der Waals surface area contributed by atoms with E-state index in [4.69, 9.17) is 9.47 Å². The van der Waals surface area contributed by atoms with Gasteiger partial charge in [-0.3, -0.25) is 4.79 Å². The van der Waals surface area contributed by atoms with Gasteiger partial charge in [-0.15, -0.1) is 21.5 Å². The minimum atomic E-state index is -0.344. The summed E-state index contributed by atoms with van der Waals surface area (Å²) in [6.07, 6.45) is 8.19. The maximum atomic E-state index is 12.9. The van der Waals surface area contributed by atoms with Crippen molar-refractivity contribution >= 4 is 40.0 Å². The monoisotopic (exact) mass is 492 g/mol. The Morgan fingerprint density at radius 2 is 2.06 bits per heavy atom. The Bertz CT molecular complexity index is 982. The van der Waals surface area contributed by atoms with E-state index in [1.807, 2.05) is 0 Å². The highest BCUT2D eigenvalue weighted by molar-refractivity contribution is 7.99. The first-order valence-electron chi connectivity index (χ1n) is 11.9. The number of aryl methyl sites for hydroxylation is 2. The molecule has 1 amide bonds. The van der Waals surface area contributed by atoms with Crippen LogP contribution in [-0.4, -0.2) is 51.7 Å². The van der Waals surface area contributed by atoms with Crippen LogP contribution in [-0.2, 0) is 40.1 Å². The second-order valence-electron chi connectivity index (χ2n) is 8.32. The molecule has 0 saturated carbocycles. The lowest BCUT2D eigenvalue weighted by Gasteiger charge is -2.14. The van der Waals surface area contributed by atoms with Crippen LogP contribution in [0.1, 0.15) is 72.6 Å². The van der Waals surface area contributed by atoms with Crippen molar-refractivity contribution in [3.05, 3.63) is 21.8 Å². The molecule has 1 unspecified atom stereocenters. The number of anilines is 1. The normalized spacial score (nSPS) is 18.1. The molecule has 1 saturated heterocycles. The number of carbonyl (C=O) groups is 2. The van der Waals surface area contributed by atoms with Crippen molar-refractivity contribution in [2.75, 3.05) is 24.3 Å². The summed E-state index contributed by atoms with van der Waals surface area (Å²) in [4.78, 5) is 26.8. The predicted octanol–water partition coefficient (Wildman–Crippen LogP) is 4.26. The Kier molecular flexibility index (Phi) is 8.43. The van der Waals surface area contributed by atoms with Gasteiger partial charge < -0.3 is 19.4 Å². The SMILES string of the molecule is CCOC(=O)c1c(NC(=O)CSc2nnc(CC)n2CC2CCCO2)sc2c1CCCCC2. The first-order valence-corrected chi connectivity index (χ1v) is 13.7. The number of amides is 1. The first kappa shape index (κ1) is 24.2. The highest BCUT2D eigenvalue weighted by Gasteiger charge is 2.27. The Balaban J connectivity index is 1.45. The first-order chi connectivity index (χ1) is 16.1. The van der Waals surface area contributed by atoms with Crippen molar-refractivity contribution in [1.29, 1.82) is 0 Å². The zero-order valence-corrected chi connectivity index (χ0v) is 21.0. The minimum absolute atomic E-state index is 0.160. The Hall–Kier alpha value is -1.91. The number of thiophene rings is 1. The number of hydrogen-bond acceptors (Lipinski definition) is 8. The van der Waals surface area contributed by atoms with Crippen molar-refractivity contribution < 1.29 is 19.1 Å². The molecule has 8 nitrogen and oxygen atoms in total. The predicted molar refractivity (Wildman–Crippen MR) is 129 cm³/mol. The quantitative estimate of drug-likeness (QED) is 0.317. The lowest BCUT2D eigenvalue weighted by atomic mass is 10.1. The molecule has 0 radical (unpaired) electrons. The maximum Gasteiger partial charge on any atom is 0.341 e. The van der Waals surface area contributed by atoms with Gasteiger partial charge >= 0.3 is 5.97 Å². The van der Waals surface area contributed by atoms with Crippen molar-refractivity contribution in [3.63, 3.8) is 0 Å². The van der Waals surface area contributed by atoms with Crippen LogP contribution in [0, 0.1) is 0 Å². The van der Waals surface area contributed by atoms with E-state index in [2.05, 4.69) is 27.0 Å². The van der Waals surface area contributed by atoms with Crippen molar-refractivity contribution in [3.8, 4) is 0 Å². The van der Waals surface area contributed by atoms with Crippen LogP contribution in [0.25, 0.3) is 0 Å². The molecule has 1 fully saturated rings. The van der Waals surface area contributed by atoms with Crippen molar-refractivity contribution in [2.24, 2.45) is 0 Å². The average Bonchev–Trinajstić information content (AvgIpc) is 3.49. The molecule has 0 spiro atoms. The summed E-state index contributed by atoms with van der Waals surface area (Å²) in [6.45, 7) is 5.67. The van der Waals surface area contributed by atoms with E-state index in [9.17, 15) is 9.59 Å². The van der Waals surface area contributed by atoms with E-state index in [0.29, 0.717) is 23.7 Å². The van der Waals surface area contributed by atoms with Crippen LogP contribution in [0.3, 0.4) is 0 Å². The molecule has 10 heteroatoms. The Labute approximate surface area is 202 Å². The highest BCUT2D eigenvalue weighted by atomic mass is 32.2. The van der Waals surface area contributed by atoms with E-state index in [1.165, 1.54) is 28.0 Å². The molecule has 2 aliphatic rings. The lowest BCUT2D eigenvalue weighted by molar-refractivity contribution is -0.113. The highest BCUT2D eigenvalue weighted by Crippen LogP contribution is 2.38. The van der Waals surface area contributed by atoms with Crippen LogP contribution in [0.2, 0.25) is 0 Å².